The minimum atomic E-state index is 0.589. The van der Waals surface area contributed by atoms with Gasteiger partial charge < -0.3 is 9.64 Å². The highest BCUT2D eigenvalue weighted by Gasteiger charge is 2.10. The molecule has 0 aliphatic rings. The molecule has 4 heteroatoms. The number of aromatic nitrogens is 1. The van der Waals surface area contributed by atoms with Gasteiger partial charge >= 0.3 is 0 Å². The molecule has 0 N–H and O–H groups in total. The molecule has 0 unspecified atom stereocenters. The lowest BCUT2D eigenvalue weighted by Crippen LogP contribution is -2.19. The molecule has 0 saturated carbocycles. The fourth-order valence-corrected chi connectivity index (χ4v) is 2.00. The van der Waals surface area contributed by atoms with Crippen LogP contribution in [0.2, 0.25) is 0 Å². The zero-order valence-electron chi connectivity index (χ0n) is 11.9. The summed E-state index contributed by atoms with van der Waals surface area (Å²) >= 11 is 0. The van der Waals surface area contributed by atoms with Crippen LogP contribution in [0.4, 0.5) is 5.82 Å². The van der Waals surface area contributed by atoms with E-state index < -0.39 is 0 Å². The average Bonchev–Trinajstić information content (AvgIpc) is 2.48. The molecule has 0 radical (unpaired) electrons. The number of anilines is 1. The molecule has 0 atom stereocenters. The number of benzene rings is 1. The van der Waals surface area contributed by atoms with Gasteiger partial charge in [-0.1, -0.05) is 12.1 Å². The Kier molecular flexibility index (Phi) is 4.21. The van der Waals surface area contributed by atoms with E-state index in [2.05, 4.69) is 11.1 Å². The zero-order valence-corrected chi connectivity index (χ0v) is 11.9. The van der Waals surface area contributed by atoms with Crippen molar-refractivity contribution in [3.05, 3.63) is 53.2 Å². The second kappa shape index (κ2) is 6.07. The molecule has 0 bridgehead atoms. The van der Waals surface area contributed by atoms with E-state index in [-0.39, 0.29) is 0 Å². The third-order valence-electron chi connectivity index (χ3n) is 3.08. The smallest absolute Gasteiger partial charge is 0.146 e. The normalized spacial score (nSPS) is 9.90. The minimum absolute atomic E-state index is 0.589. The van der Waals surface area contributed by atoms with E-state index in [9.17, 15) is 0 Å². The predicted octanol–water partition coefficient (Wildman–Crippen LogP) is 2.91. The predicted molar refractivity (Wildman–Crippen MR) is 78.8 cm³/mol. The molecule has 0 saturated heterocycles. The van der Waals surface area contributed by atoms with Crippen molar-refractivity contribution in [2.45, 2.75) is 13.5 Å². The first-order chi connectivity index (χ1) is 9.63. The number of nitrogens with zero attached hydrogens (tertiary/aromatic N) is 3. The van der Waals surface area contributed by atoms with E-state index in [1.54, 1.807) is 7.11 Å². The minimum Gasteiger partial charge on any atom is -0.497 e. The van der Waals surface area contributed by atoms with Gasteiger partial charge in [0.05, 0.1) is 12.7 Å². The van der Waals surface area contributed by atoms with Crippen molar-refractivity contribution >= 4 is 5.82 Å². The quantitative estimate of drug-likeness (QED) is 0.854. The molecule has 0 aliphatic carbocycles. The summed E-state index contributed by atoms with van der Waals surface area (Å²) in [4.78, 5) is 6.43. The Bertz CT molecular complexity index is 629. The monoisotopic (exact) mass is 267 g/mol. The van der Waals surface area contributed by atoms with E-state index in [1.165, 1.54) is 0 Å². The van der Waals surface area contributed by atoms with Gasteiger partial charge in [0, 0.05) is 19.3 Å². The van der Waals surface area contributed by atoms with Gasteiger partial charge in [-0.15, -0.1) is 0 Å². The van der Waals surface area contributed by atoms with Gasteiger partial charge in [0.25, 0.3) is 0 Å². The van der Waals surface area contributed by atoms with Gasteiger partial charge in [0.2, 0.25) is 0 Å². The second-order valence-corrected chi connectivity index (χ2v) is 4.64. The van der Waals surface area contributed by atoms with Crippen LogP contribution in [0.1, 0.15) is 16.8 Å². The van der Waals surface area contributed by atoms with Crippen LogP contribution in [0.3, 0.4) is 0 Å². The van der Waals surface area contributed by atoms with Gasteiger partial charge in [-0.25, -0.2) is 4.98 Å². The third-order valence-corrected chi connectivity index (χ3v) is 3.08. The molecular weight excluding hydrogens is 250 g/mol. The third kappa shape index (κ3) is 3.07. The molecule has 1 aromatic heterocycles. The highest BCUT2D eigenvalue weighted by Crippen LogP contribution is 2.19. The van der Waals surface area contributed by atoms with E-state index in [1.807, 2.05) is 55.3 Å². The number of rotatable bonds is 4. The van der Waals surface area contributed by atoms with Gasteiger partial charge in [0.15, 0.2) is 0 Å². The van der Waals surface area contributed by atoms with Crippen molar-refractivity contribution in [2.75, 3.05) is 19.1 Å². The Morgan fingerprint density at radius 3 is 2.50 bits per heavy atom. The number of pyridine rings is 1. The lowest BCUT2D eigenvalue weighted by molar-refractivity contribution is 0.414. The average molecular weight is 267 g/mol. The number of methoxy groups -OCH3 is 1. The Hall–Kier alpha value is -2.54. The summed E-state index contributed by atoms with van der Waals surface area (Å²) in [5.74, 6) is 1.55. The number of hydrogen-bond acceptors (Lipinski definition) is 4. The Morgan fingerprint density at radius 2 is 1.90 bits per heavy atom. The number of hydrogen-bond donors (Lipinski definition) is 0. The van der Waals surface area contributed by atoms with Gasteiger partial charge in [-0.3, -0.25) is 0 Å². The molecule has 2 aromatic rings. The van der Waals surface area contributed by atoms with Crippen molar-refractivity contribution in [3.63, 3.8) is 0 Å². The molecule has 0 fully saturated rings. The van der Waals surface area contributed by atoms with E-state index in [4.69, 9.17) is 10.00 Å². The fourth-order valence-electron chi connectivity index (χ4n) is 2.00. The first-order valence-electron chi connectivity index (χ1n) is 6.36. The summed E-state index contributed by atoms with van der Waals surface area (Å²) in [6, 6.07) is 13.7. The molecular formula is C16H17N3O. The zero-order chi connectivity index (χ0) is 14.5. The molecule has 4 nitrogen and oxygen atoms in total. The van der Waals surface area contributed by atoms with Crippen LogP contribution in [0.5, 0.6) is 5.75 Å². The maximum absolute atomic E-state index is 9.16. The molecule has 0 aliphatic heterocycles. The molecule has 0 spiro atoms. The van der Waals surface area contributed by atoms with E-state index >= 15 is 0 Å². The number of aryl methyl sites for hydroxylation is 1. The molecule has 1 heterocycles. The fraction of sp³-hybridized carbons (Fsp3) is 0.250. The molecule has 20 heavy (non-hydrogen) atoms. The van der Waals surface area contributed by atoms with Crippen molar-refractivity contribution in [3.8, 4) is 11.8 Å². The summed E-state index contributed by atoms with van der Waals surface area (Å²) in [5, 5.41) is 9.16. The van der Waals surface area contributed by atoms with Crippen LogP contribution in [-0.2, 0) is 6.54 Å². The first kappa shape index (κ1) is 13.9. The summed E-state index contributed by atoms with van der Waals surface area (Å²) in [7, 11) is 3.59. The molecule has 0 amide bonds. The van der Waals surface area contributed by atoms with Gasteiger partial charge in [-0.2, -0.15) is 5.26 Å². The maximum atomic E-state index is 9.16. The lowest BCUT2D eigenvalue weighted by atomic mass is 10.2. The van der Waals surface area contributed by atoms with Crippen molar-refractivity contribution in [1.82, 2.24) is 4.98 Å². The van der Waals surface area contributed by atoms with Crippen LogP contribution in [0.15, 0.2) is 36.4 Å². The maximum Gasteiger partial charge on any atom is 0.146 e. The van der Waals surface area contributed by atoms with Crippen LogP contribution >= 0.6 is 0 Å². The Labute approximate surface area is 119 Å². The SMILES string of the molecule is COc1ccc(CN(C)c2nc(C)ccc2C#N)cc1. The Balaban J connectivity index is 2.21. The molecule has 2 rings (SSSR count). The van der Waals surface area contributed by atoms with Crippen LogP contribution < -0.4 is 9.64 Å². The largest absolute Gasteiger partial charge is 0.497 e. The molecule has 102 valence electrons. The topological polar surface area (TPSA) is 49.1 Å². The summed E-state index contributed by atoms with van der Waals surface area (Å²) in [5.41, 5.74) is 2.63. The first-order valence-corrected chi connectivity index (χ1v) is 6.36. The highest BCUT2D eigenvalue weighted by molar-refractivity contribution is 5.54. The van der Waals surface area contributed by atoms with Crippen LogP contribution in [-0.4, -0.2) is 19.1 Å². The molecule has 1 aromatic carbocycles. The van der Waals surface area contributed by atoms with Crippen LogP contribution in [0.25, 0.3) is 0 Å². The summed E-state index contributed by atoms with van der Waals surface area (Å²) in [6.45, 7) is 2.61. The van der Waals surface area contributed by atoms with Crippen molar-refractivity contribution in [2.24, 2.45) is 0 Å². The second-order valence-electron chi connectivity index (χ2n) is 4.64. The van der Waals surface area contributed by atoms with E-state index in [0.717, 1.165) is 17.0 Å². The van der Waals surface area contributed by atoms with E-state index in [0.29, 0.717) is 17.9 Å². The van der Waals surface area contributed by atoms with Crippen molar-refractivity contribution < 1.29 is 4.74 Å². The van der Waals surface area contributed by atoms with Gasteiger partial charge in [0.1, 0.15) is 17.6 Å². The lowest BCUT2D eigenvalue weighted by Gasteiger charge is -2.20. The summed E-state index contributed by atoms with van der Waals surface area (Å²) < 4.78 is 5.14. The Morgan fingerprint density at radius 1 is 1.20 bits per heavy atom. The number of ether oxygens (including phenoxy) is 1. The summed E-state index contributed by atoms with van der Waals surface area (Å²) in [6.07, 6.45) is 0. The van der Waals surface area contributed by atoms with Crippen molar-refractivity contribution in [1.29, 1.82) is 5.26 Å². The highest BCUT2D eigenvalue weighted by atomic mass is 16.5. The van der Waals surface area contributed by atoms with Gasteiger partial charge in [-0.05, 0) is 36.8 Å². The standard InChI is InChI=1S/C16H17N3O/c1-12-4-7-14(10-17)16(18-12)19(2)11-13-5-8-15(20-3)9-6-13/h4-9H,11H2,1-3H3. The van der Waals surface area contributed by atoms with Crippen LogP contribution in [0, 0.1) is 18.3 Å². The number of nitriles is 1.